The molecule has 3 rings (SSSR count). The van der Waals surface area contributed by atoms with Crippen molar-refractivity contribution in [2.45, 2.75) is 6.48 Å². The number of ether oxygens (including phenoxy) is 3. The van der Waals surface area contributed by atoms with Gasteiger partial charge in [-0.25, -0.2) is 0 Å². The van der Waals surface area contributed by atoms with Gasteiger partial charge in [-0.3, -0.25) is 0 Å². The molecule has 0 amide bonds. The van der Waals surface area contributed by atoms with Gasteiger partial charge in [0.1, 0.15) is 0 Å². The molecule has 3 heterocycles. The van der Waals surface area contributed by atoms with Gasteiger partial charge in [-0.05, 0) is 0 Å². The van der Waals surface area contributed by atoms with E-state index in [2.05, 4.69) is 0 Å². The van der Waals surface area contributed by atoms with E-state index in [1.807, 2.05) is 0 Å². The third kappa shape index (κ3) is 3.40. The van der Waals surface area contributed by atoms with Gasteiger partial charge in [-0.1, -0.05) is 0 Å². The standard InChI is InChI=1S/C7H13O6P/c1-4-11-14-12-5-2-9-7(8-1)10-3-6-13-14/h7H,1-6H2. The van der Waals surface area contributed by atoms with Gasteiger partial charge >= 0.3 is 8.60 Å². The first-order chi connectivity index (χ1) is 6.95. The third-order valence-corrected chi connectivity index (χ3v) is 2.78. The summed E-state index contributed by atoms with van der Waals surface area (Å²) in [6.45, 7) is 1.88. The fourth-order valence-corrected chi connectivity index (χ4v) is 1.92. The molecule has 0 unspecified atom stereocenters. The Kier molecular flexibility index (Phi) is 4.53. The normalized spacial score (nSPS) is 36.0. The van der Waals surface area contributed by atoms with Crippen molar-refractivity contribution in [2.75, 3.05) is 39.6 Å². The highest BCUT2D eigenvalue weighted by Gasteiger charge is 2.19. The third-order valence-electron chi connectivity index (χ3n) is 1.60. The summed E-state index contributed by atoms with van der Waals surface area (Å²) in [5, 5.41) is 0. The minimum absolute atomic E-state index is 0.413. The van der Waals surface area contributed by atoms with Gasteiger partial charge in [0.15, 0.2) is 0 Å². The van der Waals surface area contributed by atoms with Crippen molar-refractivity contribution < 1.29 is 27.8 Å². The van der Waals surface area contributed by atoms with Gasteiger partial charge in [-0.15, -0.1) is 0 Å². The van der Waals surface area contributed by atoms with E-state index >= 15 is 0 Å². The zero-order valence-corrected chi connectivity index (χ0v) is 8.61. The van der Waals surface area contributed by atoms with Crippen LogP contribution in [0.5, 0.6) is 0 Å². The molecule has 82 valence electrons. The van der Waals surface area contributed by atoms with E-state index in [0.717, 1.165) is 0 Å². The maximum atomic E-state index is 5.33. The zero-order valence-electron chi connectivity index (χ0n) is 7.72. The van der Waals surface area contributed by atoms with Crippen LogP contribution in [0.3, 0.4) is 0 Å². The van der Waals surface area contributed by atoms with Crippen LogP contribution < -0.4 is 0 Å². The molecule has 3 aliphatic heterocycles. The Bertz CT molecular complexity index is 122. The first-order valence-electron chi connectivity index (χ1n) is 4.49. The molecule has 3 saturated heterocycles. The molecule has 0 atom stereocenters. The minimum atomic E-state index is -1.27. The van der Waals surface area contributed by atoms with Crippen molar-refractivity contribution in [3.05, 3.63) is 0 Å². The summed E-state index contributed by atoms with van der Waals surface area (Å²) in [4.78, 5) is 0. The van der Waals surface area contributed by atoms with Crippen LogP contribution in [-0.4, -0.2) is 46.1 Å². The summed E-state index contributed by atoms with van der Waals surface area (Å²) in [6.07, 6.45) is 0. The number of rotatable bonds is 0. The molecular weight excluding hydrogens is 211 g/mol. The van der Waals surface area contributed by atoms with E-state index in [4.69, 9.17) is 27.8 Å². The molecule has 0 spiro atoms. The molecule has 0 radical (unpaired) electrons. The van der Waals surface area contributed by atoms with Gasteiger partial charge in [0.2, 0.25) is 0 Å². The van der Waals surface area contributed by atoms with E-state index < -0.39 is 15.1 Å². The first-order valence-corrected chi connectivity index (χ1v) is 5.58. The lowest BCUT2D eigenvalue weighted by atomic mass is 10.7. The molecule has 0 aliphatic carbocycles. The fraction of sp³-hybridized carbons (Fsp3) is 1.00. The van der Waals surface area contributed by atoms with Crippen LogP contribution in [-0.2, 0) is 27.8 Å². The highest BCUT2D eigenvalue weighted by molar-refractivity contribution is 7.41. The topological polar surface area (TPSA) is 55.4 Å². The molecule has 0 N–H and O–H groups in total. The largest absolute Gasteiger partial charge is 0.332 e. The fourth-order valence-electron chi connectivity index (χ4n) is 1.02. The van der Waals surface area contributed by atoms with Crippen molar-refractivity contribution >= 4 is 8.60 Å². The average molecular weight is 224 g/mol. The van der Waals surface area contributed by atoms with Crippen molar-refractivity contribution in [3.63, 3.8) is 0 Å². The second-order valence-electron chi connectivity index (χ2n) is 2.62. The van der Waals surface area contributed by atoms with Crippen molar-refractivity contribution in [1.82, 2.24) is 0 Å². The van der Waals surface area contributed by atoms with Crippen LogP contribution in [0.25, 0.3) is 0 Å². The Hall–Kier alpha value is 0.190. The quantitative estimate of drug-likeness (QED) is 0.562. The second kappa shape index (κ2) is 5.92. The summed E-state index contributed by atoms with van der Waals surface area (Å²) in [7, 11) is -1.27. The second-order valence-corrected chi connectivity index (χ2v) is 3.85. The van der Waals surface area contributed by atoms with Gasteiger partial charge < -0.3 is 27.8 Å². The molecule has 6 nitrogen and oxygen atoms in total. The van der Waals surface area contributed by atoms with Crippen LogP contribution in [0, 0.1) is 0 Å². The molecule has 2 bridgehead atoms. The summed E-state index contributed by atoms with van der Waals surface area (Å²) in [5.41, 5.74) is 0. The monoisotopic (exact) mass is 224 g/mol. The maximum Gasteiger partial charge on any atom is 0.332 e. The zero-order chi connectivity index (χ0) is 9.64. The average Bonchev–Trinajstić information content (AvgIpc) is 2.25. The number of hydrogen-bond acceptors (Lipinski definition) is 6. The predicted octanol–water partition coefficient (Wildman–Crippen LogP) is 0.624. The molecule has 3 fully saturated rings. The Morgan fingerprint density at radius 1 is 0.643 bits per heavy atom. The van der Waals surface area contributed by atoms with E-state index in [-0.39, 0.29) is 0 Å². The molecular formula is C7H13O6P. The van der Waals surface area contributed by atoms with E-state index in [0.29, 0.717) is 39.6 Å². The van der Waals surface area contributed by atoms with Crippen LogP contribution >= 0.6 is 8.60 Å². The molecule has 0 aromatic carbocycles. The Morgan fingerprint density at radius 3 is 1.50 bits per heavy atom. The Labute approximate surface area is 83.4 Å². The van der Waals surface area contributed by atoms with E-state index in [9.17, 15) is 0 Å². The highest BCUT2D eigenvalue weighted by atomic mass is 31.2. The van der Waals surface area contributed by atoms with Crippen molar-refractivity contribution in [1.29, 1.82) is 0 Å². The highest BCUT2D eigenvalue weighted by Crippen LogP contribution is 2.39. The lowest BCUT2D eigenvalue weighted by Crippen LogP contribution is -2.28. The summed E-state index contributed by atoms with van der Waals surface area (Å²) < 4.78 is 31.8. The summed E-state index contributed by atoms with van der Waals surface area (Å²) in [6, 6.07) is 0. The van der Waals surface area contributed by atoms with E-state index in [1.54, 1.807) is 0 Å². The SMILES string of the molecule is C1COP2OCCOC(O1)OCCO2. The molecule has 7 heteroatoms. The van der Waals surface area contributed by atoms with Crippen LogP contribution in [0.2, 0.25) is 0 Å². The summed E-state index contributed by atoms with van der Waals surface area (Å²) in [5.74, 6) is 0. The lowest BCUT2D eigenvalue weighted by Gasteiger charge is -2.25. The molecule has 0 saturated carbocycles. The summed E-state index contributed by atoms with van der Waals surface area (Å²) >= 11 is 0. The maximum absolute atomic E-state index is 5.33. The van der Waals surface area contributed by atoms with Gasteiger partial charge in [0, 0.05) is 0 Å². The smallest absolute Gasteiger partial charge is 0.327 e. The van der Waals surface area contributed by atoms with Gasteiger partial charge in [0.05, 0.1) is 39.6 Å². The molecule has 0 aromatic rings. The van der Waals surface area contributed by atoms with Crippen molar-refractivity contribution in [3.8, 4) is 0 Å². The molecule has 0 aromatic heterocycles. The lowest BCUT2D eigenvalue weighted by molar-refractivity contribution is -0.296. The Balaban J connectivity index is 1.93. The van der Waals surface area contributed by atoms with Gasteiger partial charge in [-0.2, -0.15) is 0 Å². The van der Waals surface area contributed by atoms with E-state index in [1.165, 1.54) is 0 Å². The van der Waals surface area contributed by atoms with Crippen LogP contribution in [0.15, 0.2) is 0 Å². The van der Waals surface area contributed by atoms with Gasteiger partial charge in [0.25, 0.3) is 6.48 Å². The number of fused-ring (bicyclic) bond motifs is 9. The van der Waals surface area contributed by atoms with Crippen LogP contribution in [0.1, 0.15) is 0 Å². The molecule has 3 aliphatic rings. The Morgan fingerprint density at radius 2 is 1.07 bits per heavy atom. The first kappa shape index (κ1) is 10.7. The predicted molar refractivity (Wildman–Crippen MR) is 46.4 cm³/mol. The molecule has 14 heavy (non-hydrogen) atoms. The van der Waals surface area contributed by atoms with Crippen molar-refractivity contribution in [2.24, 2.45) is 0 Å². The minimum Gasteiger partial charge on any atom is -0.327 e. The number of hydrogen-bond donors (Lipinski definition) is 0. The van der Waals surface area contributed by atoms with Crippen LogP contribution in [0.4, 0.5) is 0 Å².